The topological polar surface area (TPSA) is 73.6 Å². The molecule has 1 aliphatic rings. The van der Waals surface area contributed by atoms with Crippen LogP contribution in [-0.4, -0.2) is 24.9 Å². The molecule has 0 spiro atoms. The second-order valence-electron chi connectivity index (χ2n) is 5.43. The van der Waals surface area contributed by atoms with Crippen LogP contribution in [0.5, 0.6) is 0 Å². The Bertz CT molecular complexity index is 402. The van der Waals surface area contributed by atoms with E-state index >= 15 is 0 Å². The van der Waals surface area contributed by atoms with Crippen molar-refractivity contribution in [3.8, 4) is 0 Å². The smallest absolute Gasteiger partial charge is 0.188 e. The summed E-state index contributed by atoms with van der Waals surface area (Å²) in [5.41, 5.74) is 13.7. The fraction of sp³-hybridized carbons (Fsp3) is 0.562. The number of allylic oxidation sites excluding steroid dienone is 3. The van der Waals surface area contributed by atoms with Crippen molar-refractivity contribution < 1.29 is 4.74 Å². The third-order valence-electron chi connectivity index (χ3n) is 3.47. The van der Waals surface area contributed by atoms with Gasteiger partial charge in [-0.05, 0) is 45.1 Å². The number of hydrogen-bond acceptors (Lipinski definition) is 4. The van der Waals surface area contributed by atoms with E-state index < -0.39 is 0 Å². The summed E-state index contributed by atoms with van der Waals surface area (Å²) in [6, 6.07) is 0.728. The molecular formula is C16H27N3O. The van der Waals surface area contributed by atoms with E-state index in [-0.39, 0.29) is 0 Å². The number of ether oxygens (including phenoxy) is 1. The molecule has 20 heavy (non-hydrogen) atoms. The van der Waals surface area contributed by atoms with Crippen LogP contribution in [0.25, 0.3) is 0 Å². The van der Waals surface area contributed by atoms with Gasteiger partial charge in [-0.2, -0.15) is 0 Å². The van der Waals surface area contributed by atoms with Crippen molar-refractivity contribution in [3.63, 3.8) is 0 Å². The normalized spacial score (nSPS) is 25.4. The summed E-state index contributed by atoms with van der Waals surface area (Å²) in [4.78, 5) is 4.57. The van der Waals surface area contributed by atoms with Crippen molar-refractivity contribution in [1.29, 1.82) is 0 Å². The van der Waals surface area contributed by atoms with Crippen molar-refractivity contribution >= 4 is 6.21 Å². The van der Waals surface area contributed by atoms with Crippen LogP contribution in [0.1, 0.15) is 39.5 Å². The Morgan fingerprint density at radius 1 is 1.30 bits per heavy atom. The molecule has 0 aromatic rings. The van der Waals surface area contributed by atoms with E-state index in [0.717, 1.165) is 36.8 Å². The van der Waals surface area contributed by atoms with Crippen molar-refractivity contribution in [1.82, 2.24) is 0 Å². The summed E-state index contributed by atoms with van der Waals surface area (Å²) in [6.07, 6.45) is 9.70. The molecule has 4 nitrogen and oxygen atoms in total. The van der Waals surface area contributed by atoms with Crippen molar-refractivity contribution in [2.24, 2.45) is 16.5 Å². The number of aliphatic imine (C=N–C) groups is 1. The first-order valence-electron chi connectivity index (χ1n) is 7.19. The lowest BCUT2D eigenvalue weighted by atomic mass is 9.92. The van der Waals surface area contributed by atoms with Gasteiger partial charge >= 0.3 is 0 Å². The van der Waals surface area contributed by atoms with Gasteiger partial charge in [0.2, 0.25) is 0 Å². The summed E-state index contributed by atoms with van der Waals surface area (Å²) in [5, 5.41) is 0. The predicted octanol–water partition coefficient (Wildman–Crippen LogP) is 2.67. The third-order valence-corrected chi connectivity index (χ3v) is 3.47. The van der Waals surface area contributed by atoms with Crippen LogP contribution in [0.4, 0.5) is 0 Å². The average molecular weight is 277 g/mol. The Labute approximate surface area is 122 Å². The molecule has 0 unspecified atom stereocenters. The Kier molecular flexibility index (Phi) is 7.09. The highest BCUT2D eigenvalue weighted by molar-refractivity contribution is 5.78. The molecule has 4 N–H and O–H groups in total. The van der Waals surface area contributed by atoms with E-state index in [4.69, 9.17) is 16.2 Å². The van der Waals surface area contributed by atoms with E-state index in [1.165, 1.54) is 0 Å². The van der Waals surface area contributed by atoms with E-state index in [2.05, 4.69) is 11.6 Å². The summed E-state index contributed by atoms with van der Waals surface area (Å²) in [5.74, 6) is 0.429. The number of nitrogens with two attached hydrogens (primary N) is 2. The molecule has 1 aliphatic carbocycles. The lowest BCUT2D eigenvalue weighted by molar-refractivity contribution is 0.234. The fourth-order valence-corrected chi connectivity index (χ4v) is 2.09. The Hall–Kier alpha value is -1.55. The van der Waals surface area contributed by atoms with Gasteiger partial charge in [-0.15, -0.1) is 0 Å². The highest BCUT2D eigenvalue weighted by atomic mass is 16.5. The van der Waals surface area contributed by atoms with Gasteiger partial charge < -0.3 is 16.2 Å². The van der Waals surface area contributed by atoms with Gasteiger partial charge in [-0.25, -0.2) is 0 Å². The van der Waals surface area contributed by atoms with E-state index in [0.29, 0.717) is 24.6 Å². The Morgan fingerprint density at radius 2 is 1.95 bits per heavy atom. The monoisotopic (exact) mass is 277 g/mol. The maximum atomic E-state index is 5.89. The van der Waals surface area contributed by atoms with Crippen molar-refractivity contribution in [2.45, 2.75) is 51.6 Å². The largest absolute Gasteiger partial charge is 0.475 e. The molecule has 0 aromatic heterocycles. The molecule has 0 radical (unpaired) electrons. The molecule has 0 atom stereocenters. The quantitative estimate of drug-likeness (QED) is 0.445. The average Bonchev–Trinajstić information content (AvgIpc) is 2.44. The first-order valence-corrected chi connectivity index (χ1v) is 7.19. The van der Waals surface area contributed by atoms with Gasteiger partial charge in [0.25, 0.3) is 0 Å². The van der Waals surface area contributed by atoms with Gasteiger partial charge in [0, 0.05) is 17.8 Å². The van der Waals surface area contributed by atoms with Gasteiger partial charge in [-0.3, -0.25) is 4.99 Å². The Balaban J connectivity index is 2.46. The molecule has 1 fully saturated rings. The van der Waals surface area contributed by atoms with E-state index in [1.54, 1.807) is 6.08 Å². The maximum Gasteiger partial charge on any atom is 0.188 e. The molecule has 0 aromatic carbocycles. The molecule has 1 rings (SSSR count). The van der Waals surface area contributed by atoms with Crippen LogP contribution >= 0.6 is 0 Å². The van der Waals surface area contributed by atoms with Crippen LogP contribution in [0, 0.1) is 0 Å². The zero-order chi connectivity index (χ0) is 15.0. The van der Waals surface area contributed by atoms with Gasteiger partial charge in [0.15, 0.2) is 5.88 Å². The van der Waals surface area contributed by atoms with E-state index in [1.807, 2.05) is 26.1 Å². The summed E-state index contributed by atoms with van der Waals surface area (Å²) in [6.45, 7) is 8.01. The van der Waals surface area contributed by atoms with E-state index in [9.17, 15) is 0 Å². The molecule has 1 saturated carbocycles. The van der Waals surface area contributed by atoms with Crippen LogP contribution < -0.4 is 11.5 Å². The number of rotatable bonds is 6. The van der Waals surface area contributed by atoms with Crippen molar-refractivity contribution in [3.05, 3.63) is 35.8 Å². The first-order chi connectivity index (χ1) is 9.52. The predicted molar refractivity (Wildman–Crippen MR) is 85.5 cm³/mol. The maximum absolute atomic E-state index is 5.89. The molecule has 0 saturated heterocycles. The van der Waals surface area contributed by atoms with Crippen LogP contribution in [0.15, 0.2) is 40.8 Å². The summed E-state index contributed by atoms with van der Waals surface area (Å²) in [7, 11) is 0. The lowest BCUT2D eigenvalue weighted by Gasteiger charge is -2.22. The zero-order valence-corrected chi connectivity index (χ0v) is 12.6. The van der Waals surface area contributed by atoms with Gasteiger partial charge in [0.1, 0.15) is 6.61 Å². The van der Waals surface area contributed by atoms with Gasteiger partial charge in [-0.1, -0.05) is 18.7 Å². The minimum atomic E-state index is 0.353. The van der Waals surface area contributed by atoms with Crippen LogP contribution in [0.3, 0.4) is 0 Å². The summed E-state index contributed by atoms with van der Waals surface area (Å²) < 4.78 is 5.51. The minimum Gasteiger partial charge on any atom is -0.475 e. The number of nitrogens with zero attached hydrogens (tertiary/aromatic N) is 1. The molecule has 4 heteroatoms. The lowest BCUT2D eigenvalue weighted by Crippen LogP contribution is -2.28. The second kappa shape index (κ2) is 8.59. The molecule has 0 aliphatic heterocycles. The first kappa shape index (κ1) is 16.5. The highest BCUT2D eigenvalue weighted by Crippen LogP contribution is 2.19. The minimum absolute atomic E-state index is 0.353. The molecule has 0 amide bonds. The molecule has 0 heterocycles. The van der Waals surface area contributed by atoms with Gasteiger partial charge in [0.05, 0.1) is 6.04 Å². The zero-order valence-electron chi connectivity index (χ0n) is 12.6. The summed E-state index contributed by atoms with van der Waals surface area (Å²) >= 11 is 0. The highest BCUT2D eigenvalue weighted by Gasteiger charge is 2.16. The molecule has 112 valence electrons. The van der Waals surface area contributed by atoms with Crippen LogP contribution in [0.2, 0.25) is 0 Å². The Morgan fingerprint density at radius 3 is 2.55 bits per heavy atom. The SMILES string of the molecule is C=C/C=C(\C)COC(N)=C(C)C=NC1CCC(N)CC1. The van der Waals surface area contributed by atoms with Crippen LogP contribution in [-0.2, 0) is 4.74 Å². The molecular weight excluding hydrogens is 250 g/mol. The fourth-order valence-electron chi connectivity index (χ4n) is 2.09. The standard InChI is InChI=1S/C16H27N3O/c1-4-5-12(2)11-20-16(18)13(3)10-19-15-8-6-14(17)7-9-15/h4-5,10,14-15H,1,6-9,11,17-18H2,2-3H3/b12-5+,16-13?,19-10?. The third kappa shape index (κ3) is 6.06. The molecule has 0 bridgehead atoms. The number of hydrogen-bond donors (Lipinski definition) is 2. The second-order valence-corrected chi connectivity index (χ2v) is 5.43. The van der Waals surface area contributed by atoms with Crippen molar-refractivity contribution in [2.75, 3.05) is 6.61 Å².